The van der Waals surface area contributed by atoms with Gasteiger partial charge in [0.05, 0.1) is 12.1 Å². The molecule has 5 nitrogen and oxygen atoms in total. The van der Waals surface area contributed by atoms with E-state index in [1.807, 2.05) is 37.3 Å². The fourth-order valence-corrected chi connectivity index (χ4v) is 3.41. The second kappa shape index (κ2) is 9.81. The summed E-state index contributed by atoms with van der Waals surface area (Å²) in [6.07, 6.45) is 2.49. The third-order valence-corrected chi connectivity index (χ3v) is 5.12. The summed E-state index contributed by atoms with van der Waals surface area (Å²) >= 11 is 0. The van der Waals surface area contributed by atoms with E-state index in [-0.39, 0.29) is 12.0 Å². The number of aromatic nitrogens is 3. The summed E-state index contributed by atoms with van der Waals surface area (Å²) in [5.74, 6) is -3.83. The van der Waals surface area contributed by atoms with Crippen molar-refractivity contribution in [3.05, 3.63) is 71.3 Å². The topological polar surface area (TPSA) is 68.0 Å². The Hall–Kier alpha value is -3.09. The summed E-state index contributed by atoms with van der Waals surface area (Å²) in [5.41, 5.74) is 2.82. The Morgan fingerprint density at radius 3 is 2.45 bits per heavy atom. The van der Waals surface area contributed by atoms with E-state index in [2.05, 4.69) is 10.1 Å². The molecule has 7 heteroatoms. The Balaban J connectivity index is 1.84. The number of nitrogens with zero attached hydrogens (tertiary/aromatic N) is 3. The number of unbranched alkanes of at least 4 members (excludes halogenated alkanes) is 1. The Morgan fingerprint density at radius 2 is 1.81 bits per heavy atom. The summed E-state index contributed by atoms with van der Waals surface area (Å²) in [6.45, 7) is 4.12. The molecule has 0 aliphatic rings. The van der Waals surface area contributed by atoms with Crippen LogP contribution < -0.4 is 0 Å². The Morgan fingerprint density at radius 1 is 1.06 bits per heavy atom. The lowest BCUT2D eigenvalue weighted by Gasteiger charge is -2.10. The average molecular weight is 427 g/mol. The summed E-state index contributed by atoms with van der Waals surface area (Å²) in [5, 5.41) is 13.3. The number of aromatic carboxylic acids is 1. The van der Waals surface area contributed by atoms with Crippen LogP contribution in [-0.2, 0) is 18.9 Å². The summed E-state index contributed by atoms with van der Waals surface area (Å²) in [6, 6.07) is 14.3. The summed E-state index contributed by atoms with van der Waals surface area (Å²) in [7, 11) is 0. The van der Waals surface area contributed by atoms with Gasteiger partial charge in [0.25, 0.3) is 0 Å². The maximum absolute atomic E-state index is 14.4. The van der Waals surface area contributed by atoms with E-state index in [1.54, 1.807) is 29.8 Å². The minimum atomic E-state index is -3.03. The first-order valence-corrected chi connectivity index (χ1v) is 10.6. The molecule has 164 valence electrons. The zero-order valence-corrected chi connectivity index (χ0v) is 17.8. The van der Waals surface area contributed by atoms with Gasteiger partial charge in [0.1, 0.15) is 5.82 Å². The highest BCUT2D eigenvalue weighted by molar-refractivity contribution is 5.89. The van der Waals surface area contributed by atoms with Gasteiger partial charge in [-0.25, -0.2) is 14.5 Å². The first kappa shape index (κ1) is 22.6. The van der Waals surface area contributed by atoms with Gasteiger partial charge in [-0.1, -0.05) is 56.7 Å². The van der Waals surface area contributed by atoms with Gasteiger partial charge in [0, 0.05) is 12.8 Å². The van der Waals surface area contributed by atoms with E-state index >= 15 is 0 Å². The van der Waals surface area contributed by atoms with Crippen LogP contribution in [0.2, 0.25) is 0 Å². The Bertz CT molecular complexity index is 1030. The molecule has 0 saturated heterocycles. The molecule has 0 aliphatic heterocycles. The molecular weight excluding hydrogens is 400 g/mol. The van der Waals surface area contributed by atoms with Gasteiger partial charge in [-0.15, -0.1) is 5.10 Å². The second-order valence-electron chi connectivity index (χ2n) is 7.65. The molecule has 0 saturated carbocycles. The van der Waals surface area contributed by atoms with E-state index < -0.39 is 17.7 Å². The zero-order chi connectivity index (χ0) is 22.4. The number of aryl methyl sites for hydroxylation is 1. The molecule has 0 bridgehead atoms. The van der Waals surface area contributed by atoms with E-state index in [9.17, 15) is 18.7 Å². The molecule has 0 amide bonds. The Labute approximate surface area is 180 Å². The maximum atomic E-state index is 14.4. The van der Waals surface area contributed by atoms with Gasteiger partial charge in [0.15, 0.2) is 0 Å². The number of rotatable bonds is 10. The highest BCUT2D eigenvalue weighted by atomic mass is 19.3. The number of benzene rings is 2. The molecule has 0 spiro atoms. The van der Waals surface area contributed by atoms with Crippen LogP contribution in [0, 0.1) is 0 Å². The fourth-order valence-electron chi connectivity index (χ4n) is 3.41. The van der Waals surface area contributed by atoms with Crippen LogP contribution in [0.1, 0.15) is 67.1 Å². The molecule has 0 atom stereocenters. The third-order valence-electron chi connectivity index (χ3n) is 5.12. The first-order valence-electron chi connectivity index (χ1n) is 10.6. The van der Waals surface area contributed by atoms with Crippen LogP contribution in [0.4, 0.5) is 8.78 Å². The first-order chi connectivity index (χ1) is 14.8. The number of carboxylic acids is 1. The predicted octanol–water partition coefficient (Wildman–Crippen LogP) is 5.93. The lowest BCUT2D eigenvalue weighted by Crippen LogP contribution is -2.15. The lowest BCUT2D eigenvalue weighted by atomic mass is 10.0. The van der Waals surface area contributed by atoms with Crippen molar-refractivity contribution in [2.45, 2.75) is 58.4 Å². The van der Waals surface area contributed by atoms with Crippen molar-refractivity contribution < 1.29 is 18.7 Å². The summed E-state index contributed by atoms with van der Waals surface area (Å²) < 4.78 is 30.3. The smallest absolute Gasteiger partial charge is 0.335 e. The zero-order valence-electron chi connectivity index (χ0n) is 17.8. The highest BCUT2D eigenvalue weighted by Gasteiger charge is 2.36. The van der Waals surface area contributed by atoms with E-state index in [0.717, 1.165) is 29.5 Å². The molecule has 0 aliphatic carbocycles. The van der Waals surface area contributed by atoms with Crippen molar-refractivity contribution in [1.82, 2.24) is 14.8 Å². The van der Waals surface area contributed by atoms with Crippen molar-refractivity contribution in [1.29, 1.82) is 0 Å². The van der Waals surface area contributed by atoms with E-state index in [4.69, 9.17) is 0 Å². The van der Waals surface area contributed by atoms with E-state index in [0.29, 0.717) is 25.2 Å². The molecular formula is C24H27F2N3O2. The average Bonchev–Trinajstić information content (AvgIpc) is 3.16. The number of hydrogen-bond donors (Lipinski definition) is 1. The minimum Gasteiger partial charge on any atom is -0.478 e. The van der Waals surface area contributed by atoms with Crippen molar-refractivity contribution >= 4 is 5.97 Å². The lowest BCUT2D eigenvalue weighted by molar-refractivity contribution is -0.0232. The van der Waals surface area contributed by atoms with Crippen molar-refractivity contribution in [2.24, 2.45) is 0 Å². The van der Waals surface area contributed by atoms with Crippen LogP contribution in [0.3, 0.4) is 0 Å². The number of alkyl halides is 2. The molecule has 31 heavy (non-hydrogen) atoms. The van der Waals surface area contributed by atoms with Gasteiger partial charge >= 0.3 is 11.9 Å². The predicted molar refractivity (Wildman–Crippen MR) is 115 cm³/mol. The largest absolute Gasteiger partial charge is 0.478 e. The Kier molecular flexibility index (Phi) is 7.15. The van der Waals surface area contributed by atoms with Crippen LogP contribution in [0.25, 0.3) is 11.1 Å². The van der Waals surface area contributed by atoms with Crippen molar-refractivity contribution in [3.63, 3.8) is 0 Å². The number of halogens is 2. The molecule has 0 radical (unpaired) electrons. The molecule has 1 heterocycles. The molecule has 1 aromatic heterocycles. The monoisotopic (exact) mass is 427 g/mol. The number of hydrogen-bond acceptors (Lipinski definition) is 3. The molecule has 3 rings (SSSR count). The number of carboxylic acid groups (broad SMARTS) is 1. The minimum absolute atomic E-state index is 0.227. The number of carbonyl (C=O) groups is 1. The van der Waals surface area contributed by atoms with Gasteiger partial charge in [-0.3, -0.25) is 0 Å². The van der Waals surface area contributed by atoms with Crippen molar-refractivity contribution in [2.75, 3.05) is 0 Å². The summed E-state index contributed by atoms with van der Waals surface area (Å²) in [4.78, 5) is 15.4. The van der Waals surface area contributed by atoms with Crippen LogP contribution in [0.5, 0.6) is 0 Å². The quantitative estimate of drug-likeness (QED) is 0.436. The molecule has 0 fully saturated rings. The molecule has 0 unspecified atom stereocenters. The third kappa shape index (κ3) is 5.54. The van der Waals surface area contributed by atoms with Crippen LogP contribution in [0.15, 0.2) is 48.5 Å². The van der Waals surface area contributed by atoms with Gasteiger partial charge < -0.3 is 5.11 Å². The van der Waals surface area contributed by atoms with Crippen LogP contribution >= 0.6 is 0 Å². The van der Waals surface area contributed by atoms with Crippen molar-refractivity contribution in [3.8, 4) is 11.1 Å². The SMILES string of the molecule is CCCCc1nc(C(F)(F)CCC)nn1Cc1ccc(-c2cccc(C(=O)O)c2)cc1. The van der Waals surface area contributed by atoms with Gasteiger partial charge in [-0.2, -0.15) is 8.78 Å². The van der Waals surface area contributed by atoms with Gasteiger partial charge in [-0.05, 0) is 41.7 Å². The van der Waals surface area contributed by atoms with Gasteiger partial charge in [0.2, 0.25) is 5.82 Å². The standard InChI is InChI=1S/C24H27F2N3O2/c1-3-5-9-21-27-23(24(25,26)14-4-2)28-29(21)16-17-10-12-18(13-11-17)19-7-6-8-20(15-19)22(30)31/h6-8,10-13,15H,3-5,9,14,16H2,1-2H3,(H,30,31). The van der Waals surface area contributed by atoms with E-state index in [1.165, 1.54) is 0 Å². The normalized spacial score (nSPS) is 11.6. The van der Waals surface area contributed by atoms with Crippen LogP contribution in [-0.4, -0.2) is 25.8 Å². The highest BCUT2D eigenvalue weighted by Crippen LogP contribution is 2.31. The second-order valence-corrected chi connectivity index (χ2v) is 7.65. The maximum Gasteiger partial charge on any atom is 0.335 e. The molecule has 1 N–H and O–H groups in total. The molecule has 3 aromatic rings. The fraction of sp³-hybridized carbons (Fsp3) is 0.375. The molecule has 2 aromatic carbocycles.